The monoisotopic (exact) mass is 421 g/mol. The standard InChI is InChI=1S/C22H19N3O4S/c1-14(26)15-10-12-18(13-11-15)23-22(27)17-8-6-16(7-9-17)21-24-19-4-2-3-5-20(19)30(28,29)25-21/h2-13,21,24-25H,1H3,(H,23,27)/t21-/m0/s1. The number of para-hydroxylation sites is 1. The molecule has 3 aromatic carbocycles. The average molecular weight is 421 g/mol. The lowest BCUT2D eigenvalue weighted by atomic mass is 10.1. The lowest BCUT2D eigenvalue weighted by Crippen LogP contribution is -2.38. The minimum absolute atomic E-state index is 0.0435. The molecule has 0 bridgehead atoms. The Morgan fingerprint density at radius 2 is 1.50 bits per heavy atom. The van der Waals surface area contributed by atoms with Crippen molar-refractivity contribution in [2.45, 2.75) is 18.0 Å². The number of rotatable bonds is 4. The van der Waals surface area contributed by atoms with Crippen molar-refractivity contribution in [3.63, 3.8) is 0 Å². The Hall–Kier alpha value is -3.49. The molecule has 0 aliphatic carbocycles. The van der Waals surface area contributed by atoms with Gasteiger partial charge in [0.05, 0.1) is 5.69 Å². The van der Waals surface area contributed by atoms with Crippen LogP contribution in [0.15, 0.2) is 77.7 Å². The largest absolute Gasteiger partial charge is 0.364 e. The van der Waals surface area contributed by atoms with Gasteiger partial charge >= 0.3 is 0 Å². The Morgan fingerprint density at radius 3 is 2.17 bits per heavy atom. The van der Waals surface area contributed by atoms with Gasteiger partial charge in [-0.05, 0) is 61.0 Å². The van der Waals surface area contributed by atoms with Gasteiger partial charge in [0.15, 0.2) is 5.78 Å². The summed E-state index contributed by atoms with van der Waals surface area (Å²) in [6.45, 7) is 1.48. The quantitative estimate of drug-likeness (QED) is 0.559. The van der Waals surface area contributed by atoms with Crippen molar-refractivity contribution >= 4 is 33.1 Å². The van der Waals surface area contributed by atoms with Crippen molar-refractivity contribution in [2.75, 3.05) is 10.6 Å². The van der Waals surface area contributed by atoms with E-state index in [1.807, 2.05) is 0 Å². The summed E-state index contributed by atoms with van der Waals surface area (Å²) >= 11 is 0. The molecule has 0 saturated heterocycles. The fraction of sp³-hybridized carbons (Fsp3) is 0.0909. The van der Waals surface area contributed by atoms with E-state index in [2.05, 4.69) is 15.4 Å². The van der Waals surface area contributed by atoms with E-state index < -0.39 is 16.2 Å². The average Bonchev–Trinajstić information content (AvgIpc) is 2.74. The summed E-state index contributed by atoms with van der Waals surface area (Å²) in [4.78, 5) is 24.0. The molecule has 8 heteroatoms. The molecule has 1 aliphatic heterocycles. The van der Waals surface area contributed by atoms with Crippen LogP contribution in [0.25, 0.3) is 0 Å². The molecular weight excluding hydrogens is 402 g/mol. The van der Waals surface area contributed by atoms with Crippen LogP contribution in [-0.4, -0.2) is 20.1 Å². The Labute approximate surface area is 174 Å². The van der Waals surface area contributed by atoms with E-state index in [-0.39, 0.29) is 16.6 Å². The fourth-order valence-electron chi connectivity index (χ4n) is 3.19. The molecule has 0 spiro atoms. The van der Waals surface area contributed by atoms with Gasteiger partial charge in [-0.3, -0.25) is 9.59 Å². The first-order valence-corrected chi connectivity index (χ1v) is 10.7. The summed E-state index contributed by atoms with van der Waals surface area (Å²) in [6, 6.07) is 20.0. The molecule has 4 rings (SSSR count). The van der Waals surface area contributed by atoms with E-state index in [1.165, 1.54) is 13.0 Å². The zero-order chi connectivity index (χ0) is 21.3. The van der Waals surface area contributed by atoms with Crippen LogP contribution >= 0.6 is 0 Å². The van der Waals surface area contributed by atoms with E-state index in [0.717, 1.165) is 0 Å². The van der Waals surface area contributed by atoms with E-state index in [0.29, 0.717) is 28.1 Å². The van der Waals surface area contributed by atoms with Gasteiger partial charge in [0.1, 0.15) is 11.1 Å². The first-order valence-electron chi connectivity index (χ1n) is 9.24. The summed E-state index contributed by atoms with van der Waals surface area (Å²) in [5.74, 6) is -0.349. The SMILES string of the molecule is CC(=O)c1ccc(NC(=O)c2ccc([C@H]3Nc4ccccc4S(=O)(=O)N3)cc2)cc1. The molecular formula is C22H19N3O4S. The van der Waals surface area contributed by atoms with Crippen LogP contribution in [0.1, 0.15) is 39.4 Å². The smallest absolute Gasteiger partial charge is 0.255 e. The molecule has 1 amide bonds. The highest BCUT2D eigenvalue weighted by molar-refractivity contribution is 7.89. The minimum Gasteiger partial charge on any atom is -0.364 e. The van der Waals surface area contributed by atoms with Gasteiger partial charge in [-0.2, -0.15) is 4.72 Å². The van der Waals surface area contributed by atoms with E-state index >= 15 is 0 Å². The second kappa shape index (κ2) is 7.74. The summed E-state index contributed by atoms with van der Waals surface area (Å²) in [7, 11) is -3.63. The highest BCUT2D eigenvalue weighted by Crippen LogP contribution is 2.30. The van der Waals surface area contributed by atoms with Gasteiger partial charge in [-0.1, -0.05) is 24.3 Å². The molecule has 0 radical (unpaired) electrons. The number of sulfonamides is 1. The van der Waals surface area contributed by atoms with Crippen molar-refractivity contribution in [2.24, 2.45) is 0 Å². The molecule has 152 valence electrons. The second-order valence-electron chi connectivity index (χ2n) is 6.90. The number of hydrogen-bond donors (Lipinski definition) is 3. The van der Waals surface area contributed by atoms with Crippen LogP contribution < -0.4 is 15.4 Å². The van der Waals surface area contributed by atoms with Crippen molar-refractivity contribution in [3.05, 3.63) is 89.5 Å². The summed E-state index contributed by atoms with van der Waals surface area (Å²) in [6.07, 6.45) is -0.638. The van der Waals surface area contributed by atoms with Crippen molar-refractivity contribution in [3.8, 4) is 0 Å². The third-order valence-electron chi connectivity index (χ3n) is 4.80. The number of carbonyl (C=O) groups is 2. The number of fused-ring (bicyclic) bond motifs is 1. The lowest BCUT2D eigenvalue weighted by molar-refractivity contribution is 0.101. The maximum absolute atomic E-state index is 12.5. The summed E-state index contributed by atoms with van der Waals surface area (Å²) < 4.78 is 27.5. The molecule has 0 saturated carbocycles. The molecule has 30 heavy (non-hydrogen) atoms. The third kappa shape index (κ3) is 3.96. The maximum atomic E-state index is 12.5. The van der Waals surface area contributed by atoms with Gasteiger partial charge in [0.25, 0.3) is 5.91 Å². The zero-order valence-corrected chi connectivity index (χ0v) is 16.9. The van der Waals surface area contributed by atoms with Crippen molar-refractivity contribution in [1.29, 1.82) is 0 Å². The summed E-state index contributed by atoms with van der Waals surface area (Å²) in [5.41, 5.74) is 2.77. The van der Waals surface area contributed by atoms with Crippen LogP contribution in [0.3, 0.4) is 0 Å². The number of hydrogen-bond acceptors (Lipinski definition) is 5. The predicted molar refractivity (Wildman–Crippen MR) is 114 cm³/mol. The minimum atomic E-state index is -3.63. The molecule has 1 atom stereocenters. The maximum Gasteiger partial charge on any atom is 0.255 e. The molecule has 3 N–H and O–H groups in total. The van der Waals surface area contributed by atoms with E-state index in [4.69, 9.17) is 0 Å². The van der Waals surface area contributed by atoms with Crippen molar-refractivity contribution < 1.29 is 18.0 Å². The third-order valence-corrected chi connectivity index (χ3v) is 6.29. The number of anilines is 2. The van der Waals surface area contributed by atoms with Crippen LogP contribution in [0.5, 0.6) is 0 Å². The van der Waals surface area contributed by atoms with Gasteiger partial charge in [0.2, 0.25) is 10.0 Å². The van der Waals surface area contributed by atoms with Crippen LogP contribution in [0, 0.1) is 0 Å². The Morgan fingerprint density at radius 1 is 0.867 bits per heavy atom. The summed E-state index contributed by atoms with van der Waals surface area (Å²) in [5, 5.41) is 5.93. The topological polar surface area (TPSA) is 104 Å². The molecule has 1 heterocycles. The molecule has 7 nitrogen and oxygen atoms in total. The normalized spacial score (nSPS) is 16.8. The zero-order valence-electron chi connectivity index (χ0n) is 16.0. The number of carbonyl (C=O) groups excluding carboxylic acids is 2. The molecule has 0 aromatic heterocycles. The van der Waals surface area contributed by atoms with E-state index in [9.17, 15) is 18.0 Å². The van der Waals surface area contributed by atoms with Gasteiger partial charge in [-0.25, -0.2) is 8.42 Å². The highest BCUT2D eigenvalue weighted by atomic mass is 32.2. The molecule has 0 unspecified atom stereocenters. The van der Waals surface area contributed by atoms with Gasteiger partial charge < -0.3 is 10.6 Å². The van der Waals surface area contributed by atoms with Crippen LogP contribution in [0.4, 0.5) is 11.4 Å². The van der Waals surface area contributed by atoms with E-state index in [1.54, 1.807) is 66.7 Å². The van der Waals surface area contributed by atoms with Crippen molar-refractivity contribution in [1.82, 2.24) is 4.72 Å². The van der Waals surface area contributed by atoms with Gasteiger partial charge in [-0.15, -0.1) is 0 Å². The lowest BCUT2D eigenvalue weighted by Gasteiger charge is -2.28. The Kier molecular flexibility index (Phi) is 5.11. The Bertz CT molecular complexity index is 1220. The number of Topliss-reactive ketones (excluding diaryl/α,β-unsaturated/α-hetero) is 1. The first kappa shape index (κ1) is 19.8. The number of ketones is 1. The Balaban J connectivity index is 1.49. The number of benzene rings is 3. The fourth-order valence-corrected chi connectivity index (χ4v) is 4.50. The number of amides is 1. The van der Waals surface area contributed by atoms with Gasteiger partial charge in [0, 0.05) is 16.8 Å². The number of nitrogens with one attached hydrogen (secondary N) is 3. The molecule has 3 aromatic rings. The molecule has 1 aliphatic rings. The predicted octanol–water partition coefficient (Wildman–Crippen LogP) is 3.54. The molecule has 0 fully saturated rings. The van der Waals surface area contributed by atoms with Crippen LogP contribution in [-0.2, 0) is 10.0 Å². The first-order chi connectivity index (χ1) is 14.3. The van der Waals surface area contributed by atoms with Crippen LogP contribution in [0.2, 0.25) is 0 Å². The highest BCUT2D eigenvalue weighted by Gasteiger charge is 2.29. The second-order valence-corrected chi connectivity index (χ2v) is 8.59.